The Kier molecular flexibility index (Phi) is 4.29. The Labute approximate surface area is 129 Å². The Balaban J connectivity index is 1.72. The molecule has 1 fully saturated rings. The third-order valence-corrected chi connectivity index (χ3v) is 3.80. The van der Waals surface area contributed by atoms with Gasteiger partial charge in [0.2, 0.25) is 0 Å². The summed E-state index contributed by atoms with van der Waals surface area (Å²) in [6.45, 7) is 2.06. The van der Waals surface area contributed by atoms with Crippen LogP contribution >= 0.6 is 0 Å². The van der Waals surface area contributed by atoms with Gasteiger partial charge in [-0.15, -0.1) is 0 Å². The number of methoxy groups -OCH3 is 2. The Morgan fingerprint density at radius 2 is 2.00 bits per heavy atom. The summed E-state index contributed by atoms with van der Waals surface area (Å²) in [5, 5.41) is 4.04. The largest absolute Gasteiger partial charge is 0.493 e. The highest BCUT2D eigenvalue weighted by molar-refractivity contribution is 5.43. The van der Waals surface area contributed by atoms with Crippen molar-refractivity contribution in [3.8, 4) is 11.5 Å². The summed E-state index contributed by atoms with van der Waals surface area (Å²) < 4.78 is 21.6. The molecule has 2 heterocycles. The number of hydrogen-bond acceptors (Lipinski definition) is 6. The van der Waals surface area contributed by atoms with Crippen LogP contribution in [0.15, 0.2) is 22.7 Å². The highest BCUT2D eigenvalue weighted by atomic mass is 16.5. The summed E-state index contributed by atoms with van der Waals surface area (Å²) in [6.07, 6.45) is 2.72. The Bertz CT molecular complexity index is 641. The second kappa shape index (κ2) is 6.36. The molecule has 0 saturated carbocycles. The maximum Gasteiger partial charge on any atom is 0.255 e. The van der Waals surface area contributed by atoms with Crippen LogP contribution < -0.4 is 9.47 Å². The molecule has 1 aliphatic rings. The SMILES string of the molecule is COc1ccc(Cc2noc([C@@H]3CC[C@H](C)O3)n2)cc1OC. The van der Waals surface area contributed by atoms with E-state index in [1.54, 1.807) is 14.2 Å². The topological polar surface area (TPSA) is 66.6 Å². The average Bonchev–Trinajstić information content (AvgIpc) is 3.16. The fourth-order valence-corrected chi connectivity index (χ4v) is 2.63. The zero-order valence-corrected chi connectivity index (χ0v) is 13.0. The van der Waals surface area contributed by atoms with Crippen molar-refractivity contribution in [2.75, 3.05) is 14.2 Å². The van der Waals surface area contributed by atoms with E-state index in [0.29, 0.717) is 29.6 Å². The standard InChI is InChI=1S/C16H20N2O4/c1-10-4-6-13(21-10)16-17-15(18-22-16)9-11-5-7-12(19-2)14(8-11)20-3/h5,7-8,10,13H,4,6,9H2,1-3H3/t10-,13-/m0/s1. The van der Waals surface area contributed by atoms with Crippen molar-refractivity contribution >= 4 is 0 Å². The number of aromatic nitrogens is 2. The predicted molar refractivity (Wildman–Crippen MR) is 79.2 cm³/mol. The first-order valence-corrected chi connectivity index (χ1v) is 7.38. The first kappa shape index (κ1) is 14.8. The monoisotopic (exact) mass is 304 g/mol. The second-order valence-corrected chi connectivity index (χ2v) is 5.43. The van der Waals surface area contributed by atoms with Gasteiger partial charge in [0.1, 0.15) is 6.10 Å². The van der Waals surface area contributed by atoms with E-state index in [9.17, 15) is 0 Å². The molecular weight excluding hydrogens is 284 g/mol. The lowest BCUT2D eigenvalue weighted by Crippen LogP contribution is -2.01. The van der Waals surface area contributed by atoms with Crippen molar-refractivity contribution in [1.82, 2.24) is 10.1 Å². The average molecular weight is 304 g/mol. The molecule has 22 heavy (non-hydrogen) atoms. The van der Waals surface area contributed by atoms with E-state index in [1.165, 1.54) is 0 Å². The van der Waals surface area contributed by atoms with Gasteiger partial charge in [0, 0.05) is 6.42 Å². The molecule has 0 spiro atoms. The number of ether oxygens (including phenoxy) is 3. The van der Waals surface area contributed by atoms with E-state index >= 15 is 0 Å². The number of nitrogens with zero attached hydrogens (tertiary/aromatic N) is 2. The van der Waals surface area contributed by atoms with E-state index in [4.69, 9.17) is 18.7 Å². The van der Waals surface area contributed by atoms with Crippen molar-refractivity contribution in [2.45, 2.75) is 38.4 Å². The molecule has 0 radical (unpaired) electrons. The van der Waals surface area contributed by atoms with E-state index in [2.05, 4.69) is 17.1 Å². The van der Waals surface area contributed by atoms with Crippen LogP contribution in [0.5, 0.6) is 11.5 Å². The molecule has 6 heteroatoms. The van der Waals surface area contributed by atoms with Gasteiger partial charge in [-0.25, -0.2) is 0 Å². The van der Waals surface area contributed by atoms with E-state index in [1.807, 2.05) is 18.2 Å². The molecule has 1 aliphatic heterocycles. The summed E-state index contributed by atoms with van der Waals surface area (Å²) in [5.41, 5.74) is 1.03. The normalized spacial score (nSPS) is 21.0. The molecule has 0 bridgehead atoms. The van der Waals surface area contributed by atoms with Gasteiger partial charge in [-0.2, -0.15) is 4.98 Å². The lowest BCUT2D eigenvalue weighted by molar-refractivity contribution is 0.0355. The number of rotatable bonds is 5. The van der Waals surface area contributed by atoms with Crippen LogP contribution in [0.2, 0.25) is 0 Å². The first-order chi connectivity index (χ1) is 10.7. The fraction of sp³-hybridized carbons (Fsp3) is 0.500. The van der Waals surface area contributed by atoms with Crippen LogP contribution in [0, 0.1) is 0 Å². The molecule has 2 atom stereocenters. The lowest BCUT2D eigenvalue weighted by atomic mass is 10.1. The lowest BCUT2D eigenvalue weighted by Gasteiger charge is -2.08. The van der Waals surface area contributed by atoms with Crippen LogP contribution in [0.25, 0.3) is 0 Å². The van der Waals surface area contributed by atoms with Crippen LogP contribution in [-0.4, -0.2) is 30.5 Å². The van der Waals surface area contributed by atoms with Crippen molar-refractivity contribution in [3.05, 3.63) is 35.5 Å². The number of hydrogen-bond donors (Lipinski definition) is 0. The zero-order valence-electron chi connectivity index (χ0n) is 13.0. The summed E-state index contributed by atoms with van der Waals surface area (Å²) in [7, 11) is 3.23. The van der Waals surface area contributed by atoms with Crippen LogP contribution in [-0.2, 0) is 11.2 Å². The Hall–Kier alpha value is -2.08. The maximum atomic E-state index is 5.74. The predicted octanol–water partition coefficient (Wildman–Crippen LogP) is 2.92. The summed E-state index contributed by atoms with van der Waals surface area (Å²) >= 11 is 0. The van der Waals surface area contributed by atoms with Gasteiger partial charge in [0.15, 0.2) is 17.3 Å². The molecule has 1 aromatic carbocycles. The van der Waals surface area contributed by atoms with Crippen molar-refractivity contribution in [1.29, 1.82) is 0 Å². The first-order valence-electron chi connectivity index (χ1n) is 7.38. The van der Waals surface area contributed by atoms with Gasteiger partial charge in [0.05, 0.1) is 20.3 Å². The van der Waals surface area contributed by atoms with Crippen LogP contribution in [0.1, 0.15) is 43.1 Å². The molecule has 0 amide bonds. The van der Waals surface area contributed by atoms with Crippen LogP contribution in [0.3, 0.4) is 0 Å². The minimum absolute atomic E-state index is 0.0679. The smallest absolute Gasteiger partial charge is 0.255 e. The van der Waals surface area contributed by atoms with Crippen LogP contribution in [0.4, 0.5) is 0 Å². The van der Waals surface area contributed by atoms with Gasteiger partial charge in [-0.05, 0) is 37.5 Å². The van der Waals surface area contributed by atoms with Gasteiger partial charge in [0.25, 0.3) is 5.89 Å². The fourth-order valence-electron chi connectivity index (χ4n) is 2.63. The minimum Gasteiger partial charge on any atom is -0.493 e. The highest BCUT2D eigenvalue weighted by Gasteiger charge is 2.28. The molecule has 118 valence electrons. The molecule has 1 aromatic heterocycles. The minimum atomic E-state index is -0.0679. The zero-order chi connectivity index (χ0) is 15.5. The highest BCUT2D eigenvalue weighted by Crippen LogP contribution is 2.32. The molecule has 0 aliphatic carbocycles. The van der Waals surface area contributed by atoms with Gasteiger partial charge in [-0.3, -0.25) is 0 Å². The third-order valence-electron chi connectivity index (χ3n) is 3.80. The van der Waals surface area contributed by atoms with Gasteiger partial charge >= 0.3 is 0 Å². The Morgan fingerprint density at radius 1 is 1.18 bits per heavy atom. The molecule has 0 unspecified atom stereocenters. The van der Waals surface area contributed by atoms with Gasteiger partial charge in [-0.1, -0.05) is 11.2 Å². The second-order valence-electron chi connectivity index (χ2n) is 5.43. The van der Waals surface area contributed by atoms with Gasteiger partial charge < -0.3 is 18.7 Å². The molecular formula is C16H20N2O4. The summed E-state index contributed by atoms with van der Waals surface area (Å²) in [6, 6.07) is 5.76. The summed E-state index contributed by atoms with van der Waals surface area (Å²) in [4.78, 5) is 4.45. The quantitative estimate of drug-likeness (QED) is 0.846. The van der Waals surface area contributed by atoms with E-state index < -0.39 is 0 Å². The number of benzene rings is 1. The van der Waals surface area contributed by atoms with Crippen molar-refractivity contribution < 1.29 is 18.7 Å². The molecule has 6 nitrogen and oxygen atoms in total. The summed E-state index contributed by atoms with van der Waals surface area (Å²) in [5.74, 6) is 2.61. The third kappa shape index (κ3) is 3.06. The molecule has 3 rings (SSSR count). The molecule has 2 aromatic rings. The van der Waals surface area contributed by atoms with E-state index in [-0.39, 0.29) is 12.2 Å². The molecule has 0 N–H and O–H groups in total. The van der Waals surface area contributed by atoms with E-state index in [0.717, 1.165) is 18.4 Å². The van der Waals surface area contributed by atoms with Crippen molar-refractivity contribution in [2.24, 2.45) is 0 Å². The Morgan fingerprint density at radius 3 is 2.68 bits per heavy atom. The van der Waals surface area contributed by atoms with Crippen molar-refractivity contribution in [3.63, 3.8) is 0 Å². The maximum absolute atomic E-state index is 5.74. The molecule has 1 saturated heterocycles.